The first-order chi connectivity index (χ1) is 14.4. The summed E-state index contributed by atoms with van der Waals surface area (Å²) in [6, 6.07) is 11.2. The first-order valence-electron chi connectivity index (χ1n) is 9.60. The molecule has 9 heteroatoms. The smallest absolute Gasteiger partial charge is 0.270 e. The van der Waals surface area contributed by atoms with Crippen molar-refractivity contribution in [3.05, 3.63) is 69.3 Å². The molecule has 0 unspecified atom stereocenters. The van der Waals surface area contributed by atoms with Crippen molar-refractivity contribution in [2.45, 2.75) is 18.6 Å². The van der Waals surface area contributed by atoms with Crippen LogP contribution in [0.15, 0.2) is 42.5 Å². The van der Waals surface area contributed by atoms with Crippen LogP contribution in [0.25, 0.3) is 0 Å². The van der Waals surface area contributed by atoms with Gasteiger partial charge in [-0.15, -0.1) is 0 Å². The first-order valence-corrected chi connectivity index (χ1v) is 9.60. The van der Waals surface area contributed by atoms with E-state index >= 15 is 0 Å². The molecule has 0 bridgehead atoms. The molecule has 9 nitrogen and oxygen atoms in total. The Hall–Kier alpha value is -3.30. The summed E-state index contributed by atoms with van der Waals surface area (Å²) in [6.07, 6.45) is 0.690. The van der Waals surface area contributed by atoms with Crippen molar-refractivity contribution in [2.75, 3.05) is 31.7 Å². The van der Waals surface area contributed by atoms with Crippen molar-refractivity contribution in [1.82, 2.24) is 5.32 Å². The lowest BCUT2D eigenvalue weighted by Gasteiger charge is -2.28. The van der Waals surface area contributed by atoms with Crippen LogP contribution >= 0.6 is 0 Å². The zero-order chi connectivity index (χ0) is 21.3. The quantitative estimate of drug-likeness (QED) is 0.576. The average molecular weight is 411 g/mol. The molecule has 0 atom stereocenters. The number of hydrogen-bond donors (Lipinski definition) is 1. The summed E-state index contributed by atoms with van der Waals surface area (Å²) in [5.41, 5.74) is 2.66. The van der Waals surface area contributed by atoms with E-state index in [-0.39, 0.29) is 23.7 Å². The predicted octanol–water partition coefficient (Wildman–Crippen LogP) is 2.13. The van der Waals surface area contributed by atoms with Crippen LogP contribution in [0.3, 0.4) is 0 Å². The van der Waals surface area contributed by atoms with E-state index in [9.17, 15) is 19.7 Å². The highest BCUT2D eigenvalue weighted by Crippen LogP contribution is 2.38. The summed E-state index contributed by atoms with van der Waals surface area (Å²) in [5, 5.41) is 13.7. The third-order valence-electron chi connectivity index (χ3n) is 5.41. The molecule has 0 aromatic heterocycles. The molecule has 0 radical (unpaired) electrons. The molecular weight excluding hydrogens is 390 g/mol. The molecule has 0 aliphatic carbocycles. The second-order valence-corrected chi connectivity index (χ2v) is 7.24. The highest BCUT2D eigenvalue weighted by atomic mass is 16.7. The minimum Gasteiger partial charge on any atom is -0.352 e. The normalized spacial score (nSPS) is 17.1. The molecule has 2 heterocycles. The standard InChI is InChI=1S/C21H21N3O6/c1-23-18-6-5-16(11-15(18)13-19(23)25)21(29-9-10-30-21)7-8-22-20(26)14-3-2-4-17(12-14)24(27)28/h2-6,11-12H,7-10,13H2,1H3,(H,22,26). The Bertz CT molecular complexity index is 1020. The lowest BCUT2D eigenvalue weighted by atomic mass is 9.98. The van der Waals surface area contributed by atoms with Gasteiger partial charge in [0.25, 0.3) is 11.6 Å². The third kappa shape index (κ3) is 3.64. The SMILES string of the molecule is CN1C(=O)Cc2cc(C3(CCNC(=O)c4cccc([N+](=O)[O-])c4)OCCO3)ccc21. The van der Waals surface area contributed by atoms with Gasteiger partial charge in [-0.1, -0.05) is 12.1 Å². The number of likely N-dealkylation sites (N-methyl/N-ethyl adjacent to an activating group) is 1. The summed E-state index contributed by atoms with van der Waals surface area (Å²) < 4.78 is 11.8. The average Bonchev–Trinajstić information content (AvgIpc) is 3.33. The number of carbonyl (C=O) groups excluding carboxylic acids is 2. The predicted molar refractivity (Wildman–Crippen MR) is 107 cm³/mol. The van der Waals surface area contributed by atoms with Gasteiger partial charge in [-0.3, -0.25) is 19.7 Å². The zero-order valence-corrected chi connectivity index (χ0v) is 16.4. The van der Waals surface area contributed by atoms with E-state index in [4.69, 9.17) is 9.47 Å². The summed E-state index contributed by atoms with van der Waals surface area (Å²) in [4.78, 5) is 36.4. The molecule has 2 aliphatic rings. The van der Waals surface area contributed by atoms with E-state index in [1.165, 1.54) is 24.3 Å². The van der Waals surface area contributed by atoms with Gasteiger partial charge in [0, 0.05) is 49.0 Å². The van der Waals surface area contributed by atoms with E-state index in [0.29, 0.717) is 26.1 Å². The van der Waals surface area contributed by atoms with Crippen molar-refractivity contribution in [2.24, 2.45) is 0 Å². The molecular formula is C21H21N3O6. The Balaban J connectivity index is 1.46. The van der Waals surface area contributed by atoms with Crippen LogP contribution < -0.4 is 10.2 Å². The van der Waals surface area contributed by atoms with E-state index < -0.39 is 16.6 Å². The minimum absolute atomic E-state index is 0.0358. The summed E-state index contributed by atoms with van der Waals surface area (Å²) >= 11 is 0. The highest BCUT2D eigenvalue weighted by molar-refractivity contribution is 6.01. The lowest BCUT2D eigenvalue weighted by Crippen LogP contribution is -2.34. The number of carbonyl (C=O) groups is 2. The number of rotatable bonds is 6. The second kappa shape index (κ2) is 7.85. The van der Waals surface area contributed by atoms with Gasteiger partial charge >= 0.3 is 0 Å². The Kier molecular flexibility index (Phi) is 5.23. The van der Waals surface area contributed by atoms with Crippen molar-refractivity contribution in [1.29, 1.82) is 0 Å². The van der Waals surface area contributed by atoms with Crippen molar-refractivity contribution in [3.63, 3.8) is 0 Å². The fourth-order valence-electron chi connectivity index (χ4n) is 3.82. The molecule has 0 spiro atoms. The van der Waals surface area contributed by atoms with Crippen molar-refractivity contribution < 1.29 is 24.0 Å². The van der Waals surface area contributed by atoms with Crippen molar-refractivity contribution >= 4 is 23.2 Å². The van der Waals surface area contributed by atoms with Gasteiger partial charge in [0.2, 0.25) is 5.91 Å². The molecule has 2 amide bonds. The number of anilines is 1. The fourth-order valence-corrected chi connectivity index (χ4v) is 3.82. The van der Waals surface area contributed by atoms with Gasteiger partial charge < -0.3 is 19.7 Å². The van der Waals surface area contributed by atoms with Crippen LogP contribution in [0.2, 0.25) is 0 Å². The summed E-state index contributed by atoms with van der Waals surface area (Å²) in [5.74, 6) is -1.38. The van der Waals surface area contributed by atoms with Crippen LogP contribution in [-0.2, 0) is 26.5 Å². The van der Waals surface area contributed by atoms with Gasteiger partial charge in [-0.05, 0) is 23.8 Å². The number of nitrogens with zero attached hydrogens (tertiary/aromatic N) is 2. The number of benzene rings is 2. The van der Waals surface area contributed by atoms with Crippen LogP contribution in [0.1, 0.15) is 27.9 Å². The molecule has 2 aliphatic heterocycles. The maximum Gasteiger partial charge on any atom is 0.270 e. The van der Waals surface area contributed by atoms with Crippen LogP contribution in [0.4, 0.5) is 11.4 Å². The first kappa shape index (κ1) is 20.0. The Morgan fingerprint density at radius 2 is 2.00 bits per heavy atom. The zero-order valence-electron chi connectivity index (χ0n) is 16.4. The Morgan fingerprint density at radius 1 is 1.23 bits per heavy atom. The van der Waals surface area contributed by atoms with E-state index in [1.54, 1.807) is 11.9 Å². The Morgan fingerprint density at radius 3 is 2.73 bits per heavy atom. The number of nitro benzene ring substituents is 1. The monoisotopic (exact) mass is 411 g/mol. The van der Waals surface area contributed by atoms with Gasteiger partial charge in [-0.2, -0.15) is 0 Å². The number of ether oxygens (including phenoxy) is 2. The molecule has 2 aromatic carbocycles. The largest absolute Gasteiger partial charge is 0.352 e. The number of non-ortho nitro benzene ring substituents is 1. The van der Waals surface area contributed by atoms with E-state index in [1.807, 2.05) is 18.2 Å². The van der Waals surface area contributed by atoms with Crippen LogP contribution in [-0.4, -0.2) is 43.5 Å². The summed E-state index contributed by atoms with van der Waals surface area (Å²) in [7, 11) is 1.75. The van der Waals surface area contributed by atoms with Gasteiger partial charge in [0.05, 0.1) is 24.6 Å². The maximum absolute atomic E-state index is 12.4. The third-order valence-corrected chi connectivity index (χ3v) is 5.41. The highest BCUT2D eigenvalue weighted by Gasteiger charge is 2.39. The molecule has 0 saturated carbocycles. The molecule has 1 N–H and O–H groups in total. The maximum atomic E-state index is 12.4. The summed E-state index contributed by atoms with van der Waals surface area (Å²) in [6.45, 7) is 1.10. The van der Waals surface area contributed by atoms with Gasteiger partial charge in [-0.25, -0.2) is 0 Å². The number of nitrogens with one attached hydrogen (secondary N) is 1. The van der Waals surface area contributed by atoms with E-state index in [2.05, 4.69) is 5.32 Å². The number of fused-ring (bicyclic) bond motifs is 1. The van der Waals surface area contributed by atoms with Crippen molar-refractivity contribution in [3.8, 4) is 0 Å². The molecule has 4 rings (SSSR count). The molecule has 30 heavy (non-hydrogen) atoms. The number of hydrogen-bond acceptors (Lipinski definition) is 6. The molecule has 1 fully saturated rings. The topological polar surface area (TPSA) is 111 Å². The van der Waals surface area contributed by atoms with Crippen LogP contribution in [0.5, 0.6) is 0 Å². The van der Waals surface area contributed by atoms with Crippen LogP contribution in [0, 0.1) is 10.1 Å². The fraction of sp³-hybridized carbons (Fsp3) is 0.333. The second-order valence-electron chi connectivity index (χ2n) is 7.24. The molecule has 1 saturated heterocycles. The molecule has 2 aromatic rings. The Labute approximate surface area is 172 Å². The lowest BCUT2D eigenvalue weighted by molar-refractivity contribution is -0.384. The minimum atomic E-state index is -1.00. The number of nitro groups is 1. The van der Waals surface area contributed by atoms with Gasteiger partial charge in [0.1, 0.15) is 0 Å². The number of amides is 2. The molecule has 156 valence electrons. The van der Waals surface area contributed by atoms with Gasteiger partial charge in [0.15, 0.2) is 5.79 Å². The van der Waals surface area contributed by atoms with E-state index in [0.717, 1.165) is 16.8 Å².